The maximum atomic E-state index is 12.0. The number of nitrogens with one attached hydrogen (secondary N) is 1. The van der Waals surface area contributed by atoms with Gasteiger partial charge in [-0.1, -0.05) is 18.2 Å². The standard InChI is InChI=1S/C18H18N2O2S2/c1-13-7-8-16(22-13)18-20-14(12-24-18)11-17(21)19-9-10-23-15-5-3-2-4-6-15/h2-8,12H,9-11H2,1H3,(H,19,21). The number of hydrogen-bond donors (Lipinski definition) is 1. The zero-order chi connectivity index (χ0) is 16.8. The van der Waals surface area contributed by atoms with Crippen LogP contribution in [0.3, 0.4) is 0 Å². The summed E-state index contributed by atoms with van der Waals surface area (Å²) in [7, 11) is 0. The minimum absolute atomic E-state index is 0.00358. The average molecular weight is 358 g/mol. The predicted octanol–water partition coefficient (Wildman–Crippen LogP) is 4.16. The van der Waals surface area contributed by atoms with Crippen LogP contribution in [0.5, 0.6) is 0 Å². The fraction of sp³-hybridized carbons (Fsp3) is 0.222. The molecule has 1 aromatic carbocycles. The lowest BCUT2D eigenvalue weighted by molar-refractivity contribution is -0.120. The van der Waals surface area contributed by atoms with Gasteiger partial charge in [-0.05, 0) is 31.2 Å². The van der Waals surface area contributed by atoms with Crippen molar-refractivity contribution in [2.24, 2.45) is 0 Å². The lowest BCUT2D eigenvalue weighted by Crippen LogP contribution is -2.27. The van der Waals surface area contributed by atoms with Crippen LogP contribution in [0.15, 0.2) is 57.2 Å². The van der Waals surface area contributed by atoms with Crippen LogP contribution in [0, 0.1) is 6.92 Å². The molecule has 124 valence electrons. The van der Waals surface area contributed by atoms with Crippen molar-refractivity contribution < 1.29 is 9.21 Å². The van der Waals surface area contributed by atoms with E-state index in [1.165, 1.54) is 16.2 Å². The molecule has 1 amide bonds. The van der Waals surface area contributed by atoms with Gasteiger partial charge in [0.05, 0.1) is 12.1 Å². The Morgan fingerprint density at radius 3 is 2.83 bits per heavy atom. The van der Waals surface area contributed by atoms with Crippen LogP contribution in [0.1, 0.15) is 11.5 Å². The molecule has 24 heavy (non-hydrogen) atoms. The number of carbonyl (C=O) groups excluding carboxylic acids is 1. The number of furan rings is 1. The summed E-state index contributed by atoms with van der Waals surface area (Å²) >= 11 is 3.23. The first kappa shape index (κ1) is 16.8. The van der Waals surface area contributed by atoms with E-state index >= 15 is 0 Å². The quantitative estimate of drug-likeness (QED) is 0.509. The highest BCUT2D eigenvalue weighted by molar-refractivity contribution is 7.99. The van der Waals surface area contributed by atoms with Gasteiger partial charge in [-0.3, -0.25) is 4.79 Å². The normalized spacial score (nSPS) is 10.7. The molecule has 0 saturated heterocycles. The Morgan fingerprint density at radius 2 is 2.08 bits per heavy atom. The molecule has 2 heterocycles. The first-order valence-electron chi connectivity index (χ1n) is 7.66. The van der Waals surface area contributed by atoms with E-state index in [0.717, 1.165) is 28.0 Å². The van der Waals surface area contributed by atoms with Gasteiger partial charge in [0.25, 0.3) is 0 Å². The van der Waals surface area contributed by atoms with Gasteiger partial charge in [-0.2, -0.15) is 0 Å². The Kier molecular flexibility index (Phi) is 5.72. The van der Waals surface area contributed by atoms with E-state index in [1.54, 1.807) is 11.8 Å². The second-order valence-corrected chi connectivity index (χ2v) is 7.27. The molecule has 1 N–H and O–H groups in total. The molecule has 4 nitrogen and oxygen atoms in total. The second-order valence-electron chi connectivity index (χ2n) is 5.24. The van der Waals surface area contributed by atoms with E-state index in [0.29, 0.717) is 13.0 Å². The molecule has 3 aromatic rings. The fourth-order valence-electron chi connectivity index (χ4n) is 2.15. The van der Waals surface area contributed by atoms with E-state index in [9.17, 15) is 4.79 Å². The van der Waals surface area contributed by atoms with Crippen molar-refractivity contribution in [3.8, 4) is 10.8 Å². The van der Waals surface area contributed by atoms with Gasteiger partial charge in [-0.25, -0.2) is 4.98 Å². The summed E-state index contributed by atoms with van der Waals surface area (Å²) in [6.07, 6.45) is 0.298. The molecular weight excluding hydrogens is 340 g/mol. The summed E-state index contributed by atoms with van der Waals surface area (Å²) in [5, 5.41) is 5.65. The molecule has 3 rings (SSSR count). The maximum Gasteiger partial charge on any atom is 0.226 e. The lowest BCUT2D eigenvalue weighted by Gasteiger charge is -2.04. The van der Waals surface area contributed by atoms with Gasteiger partial charge < -0.3 is 9.73 Å². The molecule has 0 bridgehead atoms. The summed E-state index contributed by atoms with van der Waals surface area (Å²) in [4.78, 5) is 17.7. The van der Waals surface area contributed by atoms with Gasteiger partial charge >= 0.3 is 0 Å². The Morgan fingerprint density at radius 1 is 1.25 bits per heavy atom. The van der Waals surface area contributed by atoms with Crippen LogP contribution in [0.2, 0.25) is 0 Å². The third-order valence-electron chi connectivity index (χ3n) is 3.28. The largest absolute Gasteiger partial charge is 0.459 e. The first-order valence-corrected chi connectivity index (χ1v) is 9.53. The monoisotopic (exact) mass is 358 g/mol. The van der Waals surface area contributed by atoms with E-state index in [-0.39, 0.29) is 5.91 Å². The molecule has 2 aromatic heterocycles. The first-order chi connectivity index (χ1) is 11.7. The van der Waals surface area contributed by atoms with E-state index in [2.05, 4.69) is 22.4 Å². The average Bonchev–Trinajstić information content (AvgIpc) is 3.21. The van der Waals surface area contributed by atoms with Crippen molar-refractivity contribution in [1.82, 2.24) is 10.3 Å². The van der Waals surface area contributed by atoms with Crippen molar-refractivity contribution in [2.75, 3.05) is 12.3 Å². The molecule has 0 aliphatic carbocycles. The number of amides is 1. The van der Waals surface area contributed by atoms with Crippen molar-refractivity contribution in [1.29, 1.82) is 0 Å². The summed E-state index contributed by atoms with van der Waals surface area (Å²) in [5.41, 5.74) is 0.775. The van der Waals surface area contributed by atoms with Crippen molar-refractivity contribution in [3.05, 3.63) is 59.3 Å². The second kappa shape index (κ2) is 8.17. The highest BCUT2D eigenvalue weighted by atomic mass is 32.2. The molecule has 0 spiro atoms. The molecule has 0 saturated carbocycles. The van der Waals surface area contributed by atoms with Crippen LogP contribution in [-0.4, -0.2) is 23.2 Å². The number of thioether (sulfide) groups is 1. The van der Waals surface area contributed by atoms with Gasteiger partial charge in [0.15, 0.2) is 10.8 Å². The molecule has 0 aliphatic heterocycles. The van der Waals surface area contributed by atoms with E-state index < -0.39 is 0 Å². The maximum absolute atomic E-state index is 12.0. The van der Waals surface area contributed by atoms with Crippen molar-refractivity contribution in [3.63, 3.8) is 0 Å². The van der Waals surface area contributed by atoms with Crippen LogP contribution in [0.25, 0.3) is 10.8 Å². The molecule has 0 fully saturated rings. The number of carbonyl (C=O) groups is 1. The number of nitrogens with zero attached hydrogens (tertiary/aromatic N) is 1. The SMILES string of the molecule is Cc1ccc(-c2nc(CC(=O)NCCSc3ccccc3)cs2)o1. The summed E-state index contributed by atoms with van der Waals surface area (Å²) in [5.74, 6) is 2.46. The molecular formula is C18H18N2O2S2. The van der Waals surface area contributed by atoms with E-state index in [1.807, 2.05) is 42.6 Å². The molecule has 0 aliphatic rings. The summed E-state index contributed by atoms with van der Waals surface area (Å²) < 4.78 is 5.55. The Bertz CT molecular complexity index is 796. The minimum Gasteiger partial charge on any atom is -0.459 e. The molecule has 0 radical (unpaired) electrons. The highest BCUT2D eigenvalue weighted by Gasteiger charge is 2.11. The molecule has 6 heteroatoms. The number of aromatic nitrogens is 1. The minimum atomic E-state index is -0.00358. The Balaban J connectivity index is 1.43. The van der Waals surface area contributed by atoms with Crippen LogP contribution in [0.4, 0.5) is 0 Å². The number of rotatable bonds is 7. The lowest BCUT2D eigenvalue weighted by atomic mass is 10.3. The number of benzene rings is 1. The van der Waals surface area contributed by atoms with Crippen molar-refractivity contribution >= 4 is 29.0 Å². The van der Waals surface area contributed by atoms with Crippen LogP contribution in [-0.2, 0) is 11.2 Å². The zero-order valence-corrected chi connectivity index (χ0v) is 15.0. The molecule has 0 unspecified atom stereocenters. The molecule has 0 atom stereocenters. The third kappa shape index (κ3) is 4.72. The number of hydrogen-bond acceptors (Lipinski definition) is 5. The Labute approximate surface area is 149 Å². The van der Waals surface area contributed by atoms with Gasteiger partial charge in [-0.15, -0.1) is 23.1 Å². The smallest absolute Gasteiger partial charge is 0.226 e. The Hall–Kier alpha value is -2.05. The summed E-state index contributed by atoms with van der Waals surface area (Å²) in [6.45, 7) is 2.55. The number of aryl methyl sites for hydroxylation is 1. The van der Waals surface area contributed by atoms with Crippen LogP contribution >= 0.6 is 23.1 Å². The van der Waals surface area contributed by atoms with E-state index in [4.69, 9.17) is 4.42 Å². The number of thiazole rings is 1. The van der Waals surface area contributed by atoms with Crippen LogP contribution < -0.4 is 5.32 Å². The van der Waals surface area contributed by atoms with Gasteiger partial charge in [0.2, 0.25) is 5.91 Å². The fourth-order valence-corrected chi connectivity index (χ4v) is 3.72. The van der Waals surface area contributed by atoms with Gasteiger partial charge in [0.1, 0.15) is 5.76 Å². The topological polar surface area (TPSA) is 55.1 Å². The highest BCUT2D eigenvalue weighted by Crippen LogP contribution is 2.25. The predicted molar refractivity (Wildman–Crippen MR) is 98.4 cm³/mol. The van der Waals surface area contributed by atoms with Crippen molar-refractivity contribution in [2.45, 2.75) is 18.2 Å². The summed E-state index contributed by atoms with van der Waals surface area (Å²) in [6, 6.07) is 14.0. The third-order valence-corrected chi connectivity index (χ3v) is 5.20. The zero-order valence-electron chi connectivity index (χ0n) is 13.3. The van der Waals surface area contributed by atoms with Gasteiger partial charge in [0, 0.05) is 22.6 Å².